The zero-order valence-corrected chi connectivity index (χ0v) is 19.3. The van der Waals surface area contributed by atoms with Crippen LogP contribution in [0.5, 0.6) is 0 Å². The maximum Gasteiger partial charge on any atom is 0.261 e. The van der Waals surface area contributed by atoms with Crippen LogP contribution in [0.2, 0.25) is 5.02 Å². The van der Waals surface area contributed by atoms with E-state index in [0.29, 0.717) is 23.0 Å². The summed E-state index contributed by atoms with van der Waals surface area (Å²) in [6.07, 6.45) is 2.55. The minimum atomic E-state index is -0.523. The van der Waals surface area contributed by atoms with E-state index in [2.05, 4.69) is 15.5 Å². The molecule has 4 N–H and O–H groups in total. The van der Waals surface area contributed by atoms with Gasteiger partial charge in [-0.1, -0.05) is 11.6 Å². The van der Waals surface area contributed by atoms with Gasteiger partial charge in [0.25, 0.3) is 11.8 Å². The van der Waals surface area contributed by atoms with E-state index < -0.39 is 11.7 Å². The fourth-order valence-corrected chi connectivity index (χ4v) is 4.93. The van der Waals surface area contributed by atoms with Gasteiger partial charge in [0.2, 0.25) is 5.91 Å². The molecule has 0 radical (unpaired) electrons. The summed E-state index contributed by atoms with van der Waals surface area (Å²) in [5.41, 5.74) is 6.31. The van der Waals surface area contributed by atoms with Crippen LogP contribution in [0.3, 0.4) is 0 Å². The quantitative estimate of drug-likeness (QED) is 0.503. The number of amides is 3. The molecule has 2 heterocycles. The number of nitrogens with two attached hydrogens (primary N) is 1. The van der Waals surface area contributed by atoms with Crippen LogP contribution in [0, 0.1) is 18.7 Å². The molecule has 1 aliphatic rings. The van der Waals surface area contributed by atoms with Gasteiger partial charge in [-0.15, -0.1) is 11.3 Å². The highest BCUT2D eigenvalue weighted by Crippen LogP contribution is 2.28. The van der Waals surface area contributed by atoms with E-state index in [0.717, 1.165) is 50.0 Å². The molecule has 0 spiro atoms. The number of rotatable bonds is 8. The first-order valence-corrected chi connectivity index (χ1v) is 11.6. The van der Waals surface area contributed by atoms with Crippen LogP contribution >= 0.6 is 22.9 Å². The maximum atomic E-state index is 13.2. The number of nitrogens with one attached hydrogen (secondary N) is 2. The Kier molecular flexibility index (Phi) is 8.22. The van der Waals surface area contributed by atoms with Crippen molar-refractivity contribution in [1.82, 2.24) is 10.2 Å². The minimum Gasteiger partial charge on any atom is -0.369 e. The van der Waals surface area contributed by atoms with E-state index in [-0.39, 0.29) is 28.3 Å². The van der Waals surface area contributed by atoms with E-state index in [1.54, 1.807) is 13.0 Å². The summed E-state index contributed by atoms with van der Waals surface area (Å²) >= 11 is 7.11. The Balaban J connectivity index is 1.49. The van der Waals surface area contributed by atoms with Gasteiger partial charge in [-0.3, -0.25) is 14.4 Å². The maximum absolute atomic E-state index is 13.2. The normalized spacial score (nSPS) is 16.5. The predicted molar refractivity (Wildman–Crippen MR) is 124 cm³/mol. The second kappa shape index (κ2) is 10.9. The van der Waals surface area contributed by atoms with Crippen LogP contribution < -0.4 is 16.4 Å². The van der Waals surface area contributed by atoms with E-state index in [4.69, 9.17) is 17.3 Å². The first kappa shape index (κ1) is 24.2. The molecule has 1 aromatic carbocycles. The van der Waals surface area contributed by atoms with Crippen molar-refractivity contribution < 1.29 is 18.8 Å². The number of aryl methyl sites for hydroxylation is 1. The molecule has 1 unspecified atom stereocenters. The highest BCUT2D eigenvalue weighted by Gasteiger charge is 2.23. The number of benzene rings is 1. The second-order valence-corrected chi connectivity index (χ2v) is 9.31. The monoisotopic (exact) mass is 480 g/mol. The van der Waals surface area contributed by atoms with Gasteiger partial charge in [-0.2, -0.15) is 0 Å². The summed E-state index contributed by atoms with van der Waals surface area (Å²) in [5, 5.41) is 6.13. The van der Waals surface area contributed by atoms with Gasteiger partial charge in [0, 0.05) is 13.1 Å². The van der Waals surface area contributed by atoms with Crippen LogP contribution in [0.4, 0.5) is 9.39 Å². The molecule has 1 aliphatic heterocycles. The fraction of sp³-hybridized carbons (Fsp3) is 0.409. The Bertz CT molecular complexity index is 1010. The van der Waals surface area contributed by atoms with Crippen molar-refractivity contribution in [2.24, 2.45) is 11.7 Å². The number of thiophene rings is 1. The van der Waals surface area contributed by atoms with Crippen LogP contribution in [0.25, 0.3) is 0 Å². The van der Waals surface area contributed by atoms with Crippen molar-refractivity contribution in [3.63, 3.8) is 0 Å². The average Bonchev–Trinajstić information content (AvgIpc) is 3.11. The topological polar surface area (TPSA) is 105 Å². The first-order valence-electron chi connectivity index (χ1n) is 10.4. The second-order valence-electron chi connectivity index (χ2n) is 7.85. The lowest BCUT2D eigenvalue weighted by Crippen LogP contribution is -2.42. The Morgan fingerprint density at radius 2 is 2.06 bits per heavy atom. The molecule has 1 fully saturated rings. The van der Waals surface area contributed by atoms with Gasteiger partial charge >= 0.3 is 0 Å². The van der Waals surface area contributed by atoms with Crippen LogP contribution in [0.1, 0.15) is 44.9 Å². The number of carbonyl (C=O) groups is 3. The Morgan fingerprint density at radius 3 is 2.78 bits per heavy atom. The Morgan fingerprint density at radius 1 is 1.28 bits per heavy atom. The predicted octanol–water partition coefficient (Wildman–Crippen LogP) is 3.42. The lowest BCUT2D eigenvalue weighted by atomic mass is 9.97. The molecule has 32 heavy (non-hydrogen) atoms. The Labute approximate surface area is 195 Å². The highest BCUT2D eigenvalue weighted by atomic mass is 35.5. The molecule has 1 saturated heterocycles. The van der Waals surface area contributed by atoms with E-state index in [1.165, 1.54) is 17.4 Å². The number of likely N-dealkylation sites (tertiary alicyclic amines) is 1. The smallest absolute Gasteiger partial charge is 0.261 e. The van der Waals surface area contributed by atoms with Crippen molar-refractivity contribution in [1.29, 1.82) is 0 Å². The Hall–Kier alpha value is -2.49. The minimum absolute atomic E-state index is 0.0181. The standard InChI is InChI=1S/C22H26ClFN4O3S/c1-13-10-18(27-21(30)16-6-5-15(24)11-17(16)23)32-19(13)22(31)26-7-3-9-28-8-2-4-14(12-28)20(25)29/h5-6,10-11,14H,2-4,7-9,12H2,1H3,(H2,25,29)(H,26,31)(H,27,30). The molecule has 3 amide bonds. The molecule has 1 atom stereocenters. The van der Waals surface area contributed by atoms with Gasteiger partial charge < -0.3 is 21.3 Å². The zero-order chi connectivity index (χ0) is 23.3. The van der Waals surface area contributed by atoms with Crippen LogP contribution in [0.15, 0.2) is 24.3 Å². The number of carbonyl (C=O) groups excluding carboxylic acids is 3. The number of primary amides is 1. The summed E-state index contributed by atoms with van der Waals surface area (Å²) < 4.78 is 13.2. The van der Waals surface area contributed by atoms with Gasteiger partial charge in [-0.05, 0) is 69.1 Å². The highest BCUT2D eigenvalue weighted by molar-refractivity contribution is 7.18. The summed E-state index contributed by atoms with van der Waals surface area (Å²) in [4.78, 5) is 39.1. The molecular weight excluding hydrogens is 455 g/mol. The van der Waals surface area contributed by atoms with Crippen molar-refractivity contribution >= 4 is 45.7 Å². The van der Waals surface area contributed by atoms with Crippen LogP contribution in [-0.2, 0) is 4.79 Å². The molecule has 0 saturated carbocycles. The lowest BCUT2D eigenvalue weighted by molar-refractivity contribution is -0.123. The average molecular weight is 481 g/mol. The van der Waals surface area contributed by atoms with Gasteiger partial charge in [0.15, 0.2) is 0 Å². The van der Waals surface area contributed by atoms with Gasteiger partial charge in [0.05, 0.1) is 26.4 Å². The molecule has 172 valence electrons. The van der Waals surface area contributed by atoms with E-state index >= 15 is 0 Å². The molecule has 3 rings (SSSR count). The molecule has 1 aromatic heterocycles. The third-order valence-corrected chi connectivity index (χ3v) is 6.85. The number of piperidine rings is 1. The van der Waals surface area contributed by atoms with Crippen molar-refractivity contribution in [3.05, 3.63) is 51.1 Å². The summed E-state index contributed by atoms with van der Waals surface area (Å²) in [6.45, 7) is 4.69. The summed E-state index contributed by atoms with van der Waals surface area (Å²) in [6, 6.07) is 5.27. The summed E-state index contributed by atoms with van der Waals surface area (Å²) in [7, 11) is 0. The molecule has 7 nitrogen and oxygen atoms in total. The number of hydrogen-bond acceptors (Lipinski definition) is 5. The summed E-state index contributed by atoms with van der Waals surface area (Å²) in [5.74, 6) is -1.54. The number of anilines is 1. The molecule has 2 aromatic rings. The molecule has 0 bridgehead atoms. The molecular formula is C22H26ClFN4O3S. The molecule has 0 aliphatic carbocycles. The first-order chi connectivity index (χ1) is 15.2. The van der Waals surface area contributed by atoms with Gasteiger partial charge in [-0.25, -0.2) is 4.39 Å². The number of hydrogen-bond donors (Lipinski definition) is 3. The number of halogens is 2. The zero-order valence-electron chi connectivity index (χ0n) is 17.7. The largest absolute Gasteiger partial charge is 0.369 e. The van der Waals surface area contributed by atoms with Gasteiger partial charge in [0.1, 0.15) is 5.82 Å². The molecule has 10 heteroatoms. The van der Waals surface area contributed by atoms with E-state index in [1.807, 2.05) is 0 Å². The number of nitrogens with zero attached hydrogens (tertiary/aromatic N) is 1. The third kappa shape index (κ3) is 6.27. The van der Waals surface area contributed by atoms with Crippen LogP contribution in [-0.4, -0.2) is 48.8 Å². The van der Waals surface area contributed by atoms with Crippen molar-refractivity contribution in [2.75, 3.05) is 31.5 Å². The van der Waals surface area contributed by atoms with E-state index in [9.17, 15) is 18.8 Å². The lowest BCUT2D eigenvalue weighted by Gasteiger charge is -2.31. The SMILES string of the molecule is Cc1cc(NC(=O)c2ccc(F)cc2Cl)sc1C(=O)NCCCN1CCCC(C(N)=O)C1. The van der Waals surface area contributed by atoms with Crippen molar-refractivity contribution in [2.45, 2.75) is 26.2 Å². The third-order valence-electron chi connectivity index (χ3n) is 5.38. The fourth-order valence-electron chi connectivity index (χ4n) is 3.70. The van der Waals surface area contributed by atoms with Crippen molar-refractivity contribution in [3.8, 4) is 0 Å².